The van der Waals surface area contributed by atoms with Gasteiger partial charge in [-0.3, -0.25) is 4.79 Å². The summed E-state index contributed by atoms with van der Waals surface area (Å²) in [5, 5.41) is 14.4. The molecular weight excluding hydrogens is 296 g/mol. The van der Waals surface area contributed by atoms with E-state index in [1.54, 1.807) is 11.3 Å². The lowest BCUT2D eigenvalue weighted by atomic mass is 10.1. The molecule has 0 radical (unpaired) electrons. The first kappa shape index (κ1) is 15.3. The molecule has 22 heavy (non-hydrogen) atoms. The predicted molar refractivity (Wildman–Crippen MR) is 88.4 cm³/mol. The third-order valence-corrected chi connectivity index (χ3v) is 5.49. The Bertz CT molecular complexity index is 669. The van der Waals surface area contributed by atoms with Crippen molar-refractivity contribution in [2.45, 2.75) is 33.2 Å². The lowest BCUT2D eigenvalue weighted by molar-refractivity contribution is 0.0934. The molecule has 0 aromatic carbocycles. The summed E-state index contributed by atoms with van der Waals surface area (Å²) in [4.78, 5) is 13.7. The van der Waals surface area contributed by atoms with Gasteiger partial charge in [-0.05, 0) is 44.2 Å². The quantitative estimate of drug-likeness (QED) is 0.860. The fourth-order valence-electron chi connectivity index (χ4n) is 2.76. The van der Waals surface area contributed by atoms with Crippen LogP contribution in [0.3, 0.4) is 0 Å². The minimum Gasteiger partial charge on any atom is -0.396 e. The van der Waals surface area contributed by atoms with Gasteiger partial charge in [0.1, 0.15) is 0 Å². The highest BCUT2D eigenvalue weighted by Crippen LogP contribution is 2.44. The minimum absolute atomic E-state index is 0.0368. The number of nitrogens with one attached hydrogen (secondary N) is 1. The van der Waals surface area contributed by atoms with Crippen molar-refractivity contribution in [3.63, 3.8) is 0 Å². The molecule has 1 amide bonds. The van der Waals surface area contributed by atoms with Crippen molar-refractivity contribution in [2.24, 2.45) is 5.41 Å². The molecule has 3 rings (SSSR count). The number of aromatic nitrogens is 1. The normalized spacial score (nSPS) is 15.8. The number of hydrogen-bond donors (Lipinski definition) is 2. The van der Waals surface area contributed by atoms with Crippen LogP contribution in [0.15, 0.2) is 23.6 Å². The highest BCUT2D eigenvalue weighted by atomic mass is 32.1. The van der Waals surface area contributed by atoms with E-state index in [0.29, 0.717) is 6.54 Å². The number of aliphatic hydroxyl groups is 1. The van der Waals surface area contributed by atoms with Crippen LogP contribution in [-0.2, 0) is 6.54 Å². The Kier molecular flexibility index (Phi) is 4.10. The molecule has 0 aliphatic heterocycles. The van der Waals surface area contributed by atoms with Gasteiger partial charge >= 0.3 is 0 Å². The Balaban J connectivity index is 1.72. The number of thiophene rings is 1. The number of amides is 1. The molecule has 0 saturated heterocycles. The second-order valence-electron chi connectivity index (χ2n) is 6.29. The average Bonchev–Trinajstić information content (AvgIpc) is 3.01. The summed E-state index contributed by atoms with van der Waals surface area (Å²) in [7, 11) is 0. The van der Waals surface area contributed by atoms with Crippen molar-refractivity contribution in [2.75, 3.05) is 13.2 Å². The highest BCUT2D eigenvalue weighted by Gasteiger charge is 2.42. The van der Waals surface area contributed by atoms with E-state index in [1.165, 1.54) is 4.88 Å². The van der Waals surface area contributed by atoms with Crippen LogP contribution < -0.4 is 5.32 Å². The molecule has 1 aliphatic carbocycles. The number of aryl methyl sites for hydroxylation is 1. The van der Waals surface area contributed by atoms with E-state index < -0.39 is 0 Å². The maximum Gasteiger partial charge on any atom is 0.253 e. The van der Waals surface area contributed by atoms with Crippen molar-refractivity contribution >= 4 is 17.2 Å². The molecule has 5 heteroatoms. The summed E-state index contributed by atoms with van der Waals surface area (Å²) in [5.74, 6) is -0.0368. The molecule has 118 valence electrons. The van der Waals surface area contributed by atoms with Crippen LogP contribution in [0.2, 0.25) is 0 Å². The standard InChI is InChI=1S/C17H22N2O2S/c1-12-8-15(16(21)18-10-17(11-20)5-6-17)13(2)19(12)9-14-4-3-7-22-14/h3-4,7-8,20H,5-6,9-11H2,1-2H3,(H,18,21). The molecule has 0 unspecified atom stereocenters. The van der Waals surface area contributed by atoms with Crippen LogP contribution in [-0.4, -0.2) is 28.7 Å². The van der Waals surface area contributed by atoms with Crippen molar-refractivity contribution in [3.05, 3.63) is 45.4 Å². The molecule has 4 nitrogen and oxygen atoms in total. The van der Waals surface area contributed by atoms with Gasteiger partial charge in [0.05, 0.1) is 18.7 Å². The van der Waals surface area contributed by atoms with Crippen LogP contribution in [0.1, 0.15) is 39.5 Å². The van der Waals surface area contributed by atoms with E-state index in [4.69, 9.17) is 0 Å². The maximum absolute atomic E-state index is 12.4. The van der Waals surface area contributed by atoms with Gasteiger partial charge in [0.25, 0.3) is 5.91 Å². The molecule has 0 bridgehead atoms. The molecule has 2 heterocycles. The van der Waals surface area contributed by atoms with Gasteiger partial charge < -0.3 is 15.0 Å². The molecule has 1 aliphatic rings. The molecule has 1 saturated carbocycles. The van der Waals surface area contributed by atoms with Crippen LogP contribution in [0.25, 0.3) is 0 Å². The number of aliphatic hydroxyl groups excluding tert-OH is 1. The van der Waals surface area contributed by atoms with Gasteiger partial charge in [-0.25, -0.2) is 0 Å². The van der Waals surface area contributed by atoms with Crippen LogP contribution >= 0.6 is 11.3 Å². The van der Waals surface area contributed by atoms with Crippen LogP contribution in [0.5, 0.6) is 0 Å². The molecule has 2 N–H and O–H groups in total. The lowest BCUT2D eigenvalue weighted by Crippen LogP contribution is -2.32. The van der Waals surface area contributed by atoms with E-state index in [9.17, 15) is 9.90 Å². The lowest BCUT2D eigenvalue weighted by Gasteiger charge is -2.13. The van der Waals surface area contributed by atoms with Gasteiger partial charge in [0, 0.05) is 28.2 Å². The Morgan fingerprint density at radius 1 is 1.45 bits per heavy atom. The SMILES string of the molecule is Cc1cc(C(=O)NCC2(CO)CC2)c(C)n1Cc1cccs1. The predicted octanol–water partition coefficient (Wildman–Crippen LogP) is 2.72. The zero-order chi connectivity index (χ0) is 15.7. The molecule has 1 fully saturated rings. The highest BCUT2D eigenvalue weighted by molar-refractivity contribution is 7.09. The third-order valence-electron chi connectivity index (χ3n) is 4.63. The fraction of sp³-hybridized carbons (Fsp3) is 0.471. The summed E-state index contributed by atoms with van der Waals surface area (Å²) >= 11 is 1.73. The van der Waals surface area contributed by atoms with E-state index in [0.717, 1.165) is 36.3 Å². The smallest absolute Gasteiger partial charge is 0.253 e. The van der Waals surface area contributed by atoms with Crippen molar-refractivity contribution in [1.82, 2.24) is 9.88 Å². The Labute approximate surface area is 134 Å². The van der Waals surface area contributed by atoms with Crippen LogP contribution in [0.4, 0.5) is 0 Å². The summed E-state index contributed by atoms with van der Waals surface area (Å²) < 4.78 is 2.18. The van der Waals surface area contributed by atoms with Crippen molar-refractivity contribution in [1.29, 1.82) is 0 Å². The minimum atomic E-state index is -0.0574. The largest absolute Gasteiger partial charge is 0.396 e. The molecule has 2 aromatic heterocycles. The van der Waals surface area contributed by atoms with Gasteiger partial charge in [0.15, 0.2) is 0 Å². The first-order chi connectivity index (χ1) is 10.5. The van der Waals surface area contributed by atoms with E-state index in [2.05, 4.69) is 21.3 Å². The zero-order valence-electron chi connectivity index (χ0n) is 13.1. The molecule has 2 aromatic rings. The molecular formula is C17H22N2O2S. The summed E-state index contributed by atoms with van der Waals surface area (Å²) in [6.45, 7) is 5.56. The Hall–Kier alpha value is -1.59. The zero-order valence-corrected chi connectivity index (χ0v) is 13.9. The topological polar surface area (TPSA) is 54.3 Å². The van der Waals surface area contributed by atoms with Crippen molar-refractivity contribution in [3.8, 4) is 0 Å². The first-order valence-electron chi connectivity index (χ1n) is 7.63. The van der Waals surface area contributed by atoms with E-state index in [1.807, 2.05) is 26.0 Å². The van der Waals surface area contributed by atoms with E-state index >= 15 is 0 Å². The second-order valence-corrected chi connectivity index (χ2v) is 7.32. The third kappa shape index (κ3) is 2.96. The van der Waals surface area contributed by atoms with Gasteiger partial charge in [-0.1, -0.05) is 6.07 Å². The number of carbonyl (C=O) groups is 1. The van der Waals surface area contributed by atoms with Crippen molar-refractivity contribution < 1.29 is 9.90 Å². The summed E-state index contributed by atoms with van der Waals surface area (Å²) in [5.41, 5.74) is 2.78. The monoisotopic (exact) mass is 318 g/mol. The number of carbonyl (C=O) groups excluding carboxylic acids is 1. The van der Waals surface area contributed by atoms with Gasteiger partial charge in [-0.15, -0.1) is 11.3 Å². The number of rotatable bonds is 6. The van der Waals surface area contributed by atoms with Gasteiger partial charge in [-0.2, -0.15) is 0 Å². The van der Waals surface area contributed by atoms with E-state index in [-0.39, 0.29) is 17.9 Å². The van der Waals surface area contributed by atoms with Gasteiger partial charge in [0.2, 0.25) is 0 Å². The fourth-order valence-corrected chi connectivity index (χ4v) is 3.46. The number of hydrogen-bond acceptors (Lipinski definition) is 3. The van der Waals surface area contributed by atoms with Crippen LogP contribution in [0, 0.1) is 19.3 Å². The second kappa shape index (κ2) is 5.89. The first-order valence-corrected chi connectivity index (χ1v) is 8.51. The average molecular weight is 318 g/mol. The summed E-state index contributed by atoms with van der Waals surface area (Å²) in [6.07, 6.45) is 2.00. The number of nitrogens with zero attached hydrogens (tertiary/aromatic N) is 1. The maximum atomic E-state index is 12.4. The molecule has 0 spiro atoms. The Morgan fingerprint density at radius 2 is 2.23 bits per heavy atom. The molecule has 0 atom stereocenters. The Morgan fingerprint density at radius 3 is 2.82 bits per heavy atom. The summed E-state index contributed by atoms with van der Waals surface area (Å²) in [6, 6.07) is 6.12.